The van der Waals surface area contributed by atoms with Gasteiger partial charge in [-0.1, -0.05) is 78.5 Å². The van der Waals surface area contributed by atoms with E-state index in [9.17, 15) is 24.6 Å². The summed E-state index contributed by atoms with van der Waals surface area (Å²) in [5.74, 6) is -2.12. The van der Waals surface area contributed by atoms with Gasteiger partial charge in [0.05, 0.1) is 5.56 Å². The van der Waals surface area contributed by atoms with Crippen LogP contribution in [0.25, 0.3) is 11.1 Å². The number of aliphatic carboxylic acids is 1. The zero-order valence-corrected chi connectivity index (χ0v) is 16.8. The van der Waals surface area contributed by atoms with Crippen LogP contribution in [0.5, 0.6) is 0 Å². The number of hydrogen-bond donors (Lipinski definition) is 2. The Morgan fingerprint density at radius 3 is 2.03 bits per heavy atom. The number of benzene rings is 3. The minimum atomic E-state index is -1.17. The molecule has 3 rings (SSSR count). The quantitative estimate of drug-likeness (QED) is 0.498. The van der Waals surface area contributed by atoms with E-state index < -0.39 is 22.3 Å². The summed E-state index contributed by atoms with van der Waals surface area (Å²) in [5.41, 5.74) is 2.76. The van der Waals surface area contributed by atoms with Crippen molar-refractivity contribution in [1.29, 1.82) is 0 Å². The third-order valence-corrected chi connectivity index (χ3v) is 5.85. The Balaban J connectivity index is 1.98. The number of carbonyl (C=O) groups excluding carboxylic acids is 1. The molecule has 0 bridgehead atoms. The number of carboxylic acid groups (broad SMARTS) is 2. The number of carboxylic acids is 2. The lowest BCUT2D eigenvalue weighted by molar-refractivity contribution is -0.137. The molecule has 152 valence electrons. The van der Waals surface area contributed by atoms with Crippen molar-refractivity contribution in [1.82, 2.24) is 0 Å². The average molecular weight is 420 g/mol. The van der Waals surface area contributed by atoms with Gasteiger partial charge in [-0.25, -0.2) is 4.79 Å². The molecule has 0 aliphatic heterocycles. The molecule has 0 amide bonds. The lowest BCUT2D eigenvalue weighted by Gasteiger charge is -2.20. The zero-order chi connectivity index (χ0) is 21.5. The van der Waals surface area contributed by atoms with Crippen LogP contribution in [0.3, 0.4) is 0 Å². The van der Waals surface area contributed by atoms with Gasteiger partial charge in [0.1, 0.15) is 0 Å². The fourth-order valence-electron chi connectivity index (χ4n) is 3.23. The van der Waals surface area contributed by atoms with Gasteiger partial charge in [0.15, 0.2) is 0 Å². The van der Waals surface area contributed by atoms with E-state index in [2.05, 4.69) is 0 Å². The molecule has 0 aliphatic rings. The van der Waals surface area contributed by atoms with Crippen LogP contribution in [-0.2, 0) is 4.79 Å². The molecular weight excluding hydrogens is 400 g/mol. The second kappa shape index (κ2) is 9.89. The van der Waals surface area contributed by atoms with Crippen molar-refractivity contribution in [2.45, 2.75) is 18.1 Å². The van der Waals surface area contributed by atoms with Gasteiger partial charge in [0, 0.05) is 17.2 Å². The molecule has 1 unspecified atom stereocenters. The van der Waals surface area contributed by atoms with Crippen molar-refractivity contribution in [3.8, 4) is 11.1 Å². The molecule has 0 saturated carbocycles. The van der Waals surface area contributed by atoms with E-state index in [-0.39, 0.29) is 24.0 Å². The molecule has 0 aromatic heterocycles. The van der Waals surface area contributed by atoms with Crippen LogP contribution in [0.2, 0.25) is 0 Å². The minimum Gasteiger partial charge on any atom is -0.481 e. The van der Waals surface area contributed by atoms with Crippen LogP contribution in [0.4, 0.5) is 0 Å². The number of aromatic carboxylic acids is 1. The molecule has 6 heteroatoms. The van der Waals surface area contributed by atoms with E-state index >= 15 is 0 Å². The first-order chi connectivity index (χ1) is 14.5. The van der Waals surface area contributed by atoms with Crippen molar-refractivity contribution >= 4 is 28.8 Å². The highest BCUT2D eigenvalue weighted by atomic mass is 32.2. The Kier molecular flexibility index (Phi) is 7.03. The lowest BCUT2D eigenvalue weighted by Crippen LogP contribution is -2.09. The lowest BCUT2D eigenvalue weighted by atomic mass is 9.96. The van der Waals surface area contributed by atoms with E-state index in [1.165, 1.54) is 12.1 Å². The Morgan fingerprint density at radius 1 is 0.767 bits per heavy atom. The van der Waals surface area contributed by atoms with Crippen molar-refractivity contribution in [2.75, 3.05) is 0 Å². The second-order valence-electron chi connectivity index (χ2n) is 6.63. The first kappa shape index (κ1) is 21.3. The maximum absolute atomic E-state index is 13.0. The fraction of sp³-hybridized carbons (Fsp3) is 0.125. The molecule has 0 spiro atoms. The van der Waals surface area contributed by atoms with Crippen LogP contribution >= 0.6 is 11.8 Å². The van der Waals surface area contributed by atoms with E-state index in [4.69, 9.17) is 0 Å². The molecule has 0 radical (unpaired) electrons. The fourth-order valence-corrected chi connectivity index (χ4v) is 4.36. The van der Waals surface area contributed by atoms with Gasteiger partial charge >= 0.3 is 11.9 Å². The van der Waals surface area contributed by atoms with Crippen LogP contribution < -0.4 is 0 Å². The first-order valence-electron chi connectivity index (χ1n) is 9.37. The van der Waals surface area contributed by atoms with Gasteiger partial charge in [0.25, 0.3) is 0 Å². The number of thioether (sulfide) groups is 1. The highest BCUT2D eigenvalue weighted by molar-refractivity contribution is 8.14. The van der Waals surface area contributed by atoms with E-state index in [0.29, 0.717) is 0 Å². The van der Waals surface area contributed by atoms with Gasteiger partial charge < -0.3 is 10.2 Å². The van der Waals surface area contributed by atoms with Gasteiger partial charge in [0.2, 0.25) is 5.12 Å². The standard InChI is InChI=1S/C24H20O5S/c25-22(26)15-14-21(30-24(29)20-13-7-6-12-19(20)23(27)28)18-11-5-4-10-17(18)16-8-2-1-3-9-16/h1-13,21H,14-15H2,(H,25,26)(H,27,28). The summed E-state index contributed by atoms with van der Waals surface area (Å²) in [4.78, 5) is 35.7. The van der Waals surface area contributed by atoms with E-state index in [1.54, 1.807) is 12.1 Å². The highest BCUT2D eigenvalue weighted by Crippen LogP contribution is 2.40. The van der Waals surface area contributed by atoms with E-state index in [1.807, 2.05) is 54.6 Å². The number of carbonyl (C=O) groups is 3. The van der Waals surface area contributed by atoms with Crippen molar-refractivity contribution in [3.05, 3.63) is 95.6 Å². The zero-order valence-electron chi connectivity index (χ0n) is 16.0. The first-order valence-corrected chi connectivity index (χ1v) is 10.2. The molecule has 30 heavy (non-hydrogen) atoms. The Bertz CT molecular complexity index is 1060. The monoisotopic (exact) mass is 420 g/mol. The minimum absolute atomic E-state index is 0.0664. The molecule has 3 aromatic rings. The SMILES string of the molecule is O=C(O)CCC(SC(=O)c1ccccc1C(=O)O)c1ccccc1-c1ccccc1. The molecule has 2 N–H and O–H groups in total. The molecule has 0 fully saturated rings. The third kappa shape index (κ3) is 5.15. The molecule has 5 nitrogen and oxygen atoms in total. The van der Waals surface area contributed by atoms with Gasteiger partial charge in [-0.3, -0.25) is 9.59 Å². The van der Waals surface area contributed by atoms with E-state index in [0.717, 1.165) is 28.5 Å². The van der Waals surface area contributed by atoms with Crippen LogP contribution in [-0.4, -0.2) is 27.3 Å². The molecule has 0 aliphatic carbocycles. The summed E-state index contributed by atoms with van der Waals surface area (Å²) in [6, 6.07) is 23.3. The van der Waals surface area contributed by atoms with Gasteiger partial charge in [-0.2, -0.15) is 0 Å². The summed E-state index contributed by atoms with van der Waals surface area (Å²) >= 11 is 0.968. The maximum Gasteiger partial charge on any atom is 0.336 e. The third-order valence-electron chi connectivity index (χ3n) is 4.64. The molecule has 1 atom stereocenters. The number of rotatable bonds is 8. The van der Waals surface area contributed by atoms with Crippen molar-refractivity contribution in [3.63, 3.8) is 0 Å². The van der Waals surface area contributed by atoms with Crippen molar-refractivity contribution < 1.29 is 24.6 Å². The van der Waals surface area contributed by atoms with Crippen LogP contribution in [0.1, 0.15) is 44.4 Å². The Labute approximate surface area is 178 Å². The average Bonchev–Trinajstić information content (AvgIpc) is 2.77. The molecule has 0 heterocycles. The Hall–Kier alpha value is -3.38. The predicted molar refractivity (Wildman–Crippen MR) is 117 cm³/mol. The molecular formula is C24H20O5S. The molecule has 3 aromatic carbocycles. The smallest absolute Gasteiger partial charge is 0.336 e. The highest BCUT2D eigenvalue weighted by Gasteiger charge is 2.24. The summed E-state index contributed by atoms with van der Waals surface area (Å²) < 4.78 is 0. The normalized spacial score (nSPS) is 11.6. The summed E-state index contributed by atoms with van der Waals surface area (Å²) in [5, 5.41) is 17.8. The summed E-state index contributed by atoms with van der Waals surface area (Å²) in [6.45, 7) is 0. The largest absolute Gasteiger partial charge is 0.481 e. The predicted octanol–water partition coefficient (Wildman–Crippen LogP) is 5.53. The maximum atomic E-state index is 13.0. The second-order valence-corrected chi connectivity index (χ2v) is 7.81. The van der Waals surface area contributed by atoms with Crippen LogP contribution in [0, 0.1) is 0 Å². The summed E-state index contributed by atoms with van der Waals surface area (Å²) in [6.07, 6.45) is 0.138. The Morgan fingerprint density at radius 2 is 1.37 bits per heavy atom. The van der Waals surface area contributed by atoms with Gasteiger partial charge in [-0.15, -0.1) is 0 Å². The van der Waals surface area contributed by atoms with Crippen molar-refractivity contribution in [2.24, 2.45) is 0 Å². The summed E-state index contributed by atoms with van der Waals surface area (Å²) in [7, 11) is 0. The van der Waals surface area contributed by atoms with Gasteiger partial charge in [-0.05, 0) is 35.2 Å². The molecule has 0 saturated heterocycles. The number of hydrogen-bond acceptors (Lipinski definition) is 4. The topological polar surface area (TPSA) is 91.7 Å². The van der Waals surface area contributed by atoms with Crippen LogP contribution in [0.15, 0.2) is 78.9 Å².